The first kappa shape index (κ1) is 42.6. The van der Waals surface area contributed by atoms with E-state index in [0.29, 0.717) is 30.7 Å². The van der Waals surface area contributed by atoms with Gasteiger partial charge in [0.2, 0.25) is 8.32 Å². The predicted octanol–water partition coefficient (Wildman–Crippen LogP) is 7.65. The van der Waals surface area contributed by atoms with Crippen molar-refractivity contribution in [3.05, 3.63) is 70.3 Å². The van der Waals surface area contributed by atoms with E-state index in [1.807, 2.05) is 20.0 Å². The van der Waals surface area contributed by atoms with Gasteiger partial charge in [0.1, 0.15) is 11.6 Å². The summed E-state index contributed by atoms with van der Waals surface area (Å²) in [7, 11) is -6.29. The summed E-state index contributed by atoms with van der Waals surface area (Å²) in [6.07, 6.45) is 0.125. The van der Waals surface area contributed by atoms with Crippen molar-refractivity contribution in [1.82, 2.24) is 5.32 Å². The van der Waals surface area contributed by atoms with E-state index in [1.165, 1.54) is 37.8 Å². The topological polar surface area (TPSA) is 105 Å². The number of aliphatic hydroxyl groups excluding tert-OH is 2. The van der Waals surface area contributed by atoms with Crippen LogP contribution in [0.4, 0.5) is 22.0 Å². The van der Waals surface area contributed by atoms with Crippen LogP contribution >= 0.6 is 23.2 Å². The maximum absolute atomic E-state index is 13.7. The zero-order chi connectivity index (χ0) is 33.2. The predicted molar refractivity (Wildman–Crippen MR) is 166 cm³/mol. The van der Waals surface area contributed by atoms with Gasteiger partial charge < -0.3 is 24.1 Å². The van der Waals surface area contributed by atoms with Crippen LogP contribution in [-0.2, 0) is 18.7 Å². The Kier molecular flexibility index (Phi) is 18.1. The molecule has 2 aromatic carbocycles. The Labute approximate surface area is 267 Å². The molecule has 1 aliphatic heterocycles. The van der Waals surface area contributed by atoms with Gasteiger partial charge in [-0.2, -0.15) is 21.6 Å². The zero-order valence-corrected chi connectivity index (χ0v) is 27.7. The number of rotatable bonds is 9. The second-order valence-electron chi connectivity index (χ2n) is 10.4. The molecule has 1 heterocycles. The molecule has 0 bridgehead atoms. The van der Waals surface area contributed by atoms with Crippen LogP contribution in [0.3, 0.4) is 0 Å². The Hall–Kier alpha value is -1.36. The molecule has 3 N–H and O–H groups in total. The summed E-state index contributed by atoms with van der Waals surface area (Å²) in [6.45, 7) is 6.73. The molecule has 0 saturated carbocycles. The van der Waals surface area contributed by atoms with Crippen LogP contribution in [0.1, 0.15) is 72.4 Å². The van der Waals surface area contributed by atoms with Crippen molar-refractivity contribution < 1.29 is 49.2 Å². The van der Waals surface area contributed by atoms with E-state index in [0.717, 1.165) is 12.0 Å². The number of likely N-dealkylation sites (N-methyl/N-ethyl adjacent to an activating group) is 1. The summed E-state index contributed by atoms with van der Waals surface area (Å²) in [5, 5.41) is 20.9. The van der Waals surface area contributed by atoms with E-state index < -0.39 is 41.2 Å². The lowest BCUT2D eigenvalue weighted by molar-refractivity contribution is -0.0503. The van der Waals surface area contributed by atoms with Crippen LogP contribution in [0, 0.1) is 11.6 Å². The Morgan fingerprint density at radius 1 is 1.14 bits per heavy atom. The monoisotopic (exact) mass is 713 g/mol. The Bertz CT molecular complexity index is 1270. The van der Waals surface area contributed by atoms with Crippen molar-refractivity contribution in [1.29, 1.82) is 0 Å². The van der Waals surface area contributed by atoms with Gasteiger partial charge in [-0.25, -0.2) is 8.78 Å². The van der Waals surface area contributed by atoms with Gasteiger partial charge in [0, 0.05) is 17.7 Å². The van der Waals surface area contributed by atoms with E-state index in [2.05, 4.69) is 9.19 Å². The summed E-state index contributed by atoms with van der Waals surface area (Å²) in [5.74, 6) is -0.712. The number of nitrogens with one attached hydrogen (secondary N) is 1. The molecule has 0 amide bonds. The van der Waals surface area contributed by atoms with Crippen LogP contribution in [0.25, 0.3) is 0 Å². The van der Waals surface area contributed by atoms with Crippen molar-refractivity contribution >= 4 is 41.6 Å². The number of ether oxygens (including phenoxy) is 1. The summed E-state index contributed by atoms with van der Waals surface area (Å²) < 4.78 is 92.5. The zero-order valence-electron chi connectivity index (χ0n) is 24.4. The molecule has 1 aliphatic rings. The van der Waals surface area contributed by atoms with Crippen molar-refractivity contribution in [2.45, 2.75) is 75.3 Å². The number of benzene rings is 2. The number of fused-ring (bicyclic) bond motifs is 1. The molecule has 0 spiro atoms. The maximum atomic E-state index is 13.7. The van der Waals surface area contributed by atoms with Crippen LogP contribution in [0.15, 0.2) is 36.4 Å². The molecule has 4 unspecified atom stereocenters. The van der Waals surface area contributed by atoms with Gasteiger partial charge in [-0.05, 0) is 56.4 Å². The highest BCUT2D eigenvalue weighted by Gasteiger charge is 2.49. The summed E-state index contributed by atoms with van der Waals surface area (Å²) >= 11 is 12.0. The molecule has 0 aliphatic carbocycles. The Morgan fingerprint density at radius 2 is 1.70 bits per heavy atom. The summed E-state index contributed by atoms with van der Waals surface area (Å²) in [5.41, 5.74) is -3.20. The number of halogens is 7. The van der Waals surface area contributed by atoms with Gasteiger partial charge >= 0.3 is 15.6 Å². The SMILES string of the molecule is C.CCCC(O)c1c(F)cccc1C(Cl)CO.CNCC1OCC(Cl)c2cccc(F)c21.C[Si](C)(C)OS(=O)(=O)C(F)(F)F. The third-order valence-electron chi connectivity index (χ3n) is 5.70. The standard InChI is InChI=1S/C12H16ClFO2.C11H13ClFNO.C4H9F3O3SSi.CH4/c1-2-4-11(16)12-8(9(13)7-15)5-3-6-10(12)14;1-14-5-10-11-7(8(12)6-15-10)3-2-4-9(11)13;1-12(2,3)10-11(8,9)4(5,6)7;/h3,5-6,9,11,15-16H,2,4,7H2,1H3;2-4,8,10,14H,5-6H2,1H3;1-3H3;1H4. The average Bonchev–Trinajstić information content (AvgIpc) is 2.89. The first-order valence-electron chi connectivity index (χ1n) is 13.2. The Morgan fingerprint density at radius 3 is 2.18 bits per heavy atom. The first-order chi connectivity index (χ1) is 19.8. The van der Waals surface area contributed by atoms with Crippen molar-refractivity contribution in [3.8, 4) is 0 Å². The van der Waals surface area contributed by atoms with E-state index in [-0.39, 0.29) is 36.9 Å². The molecule has 0 radical (unpaired) electrons. The highest BCUT2D eigenvalue weighted by atomic mass is 35.5. The minimum absolute atomic E-state index is 0. The number of alkyl halides is 5. The number of aliphatic hydroxyl groups is 2. The lowest BCUT2D eigenvalue weighted by Gasteiger charge is -2.29. The van der Waals surface area contributed by atoms with Crippen LogP contribution in [-0.4, -0.2) is 59.3 Å². The molecule has 254 valence electrons. The lowest BCUT2D eigenvalue weighted by Crippen LogP contribution is -2.36. The normalized spacial score (nSPS) is 18.0. The number of hydrogen-bond donors (Lipinski definition) is 3. The fourth-order valence-electron chi connectivity index (χ4n) is 3.96. The quantitative estimate of drug-likeness (QED) is 0.106. The molecule has 2 aromatic rings. The molecule has 0 saturated heterocycles. The maximum Gasteiger partial charge on any atom is 0.522 e. The molecule has 7 nitrogen and oxygen atoms in total. The molecule has 4 atom stereocenters. The minimum Gasteiger partial charge on any atom is -0.394 e. The molecular formula is C28H42Cl2F5NO6SSi. The smallest absolute Gasteiger partial charge is 0.394 e. The van der Waals surface area contributed by atoms with Crippen LogP contribution < -0.4 is 5.32 Å². The fraction of sp³-hybridized carbons (Fsp3) is 0.571. The lowest BCUT2D eigenvalue weighted by atomic mass is 9.96. The fourth-order valence-corrected chi connectivity index (χ4v) is 7.42. The van der Waals surface area contributed by atoms with Crippen molar-refractivity contribution in [3.63, 3.8) is 0 Å². The largest absolute Gasteiger partial charge is 0.522 e. The molecule has 16 heteroatoms. The molecular weight excluding hydrogens is 672 g/mol. The van der Waals surface area contributed by atoms with E-state index in [9.17, 15) is 35.5 Å². The van der Waals surface area contributed by atoms with Crippen LogP contribution in [0.5, 0.6) is 0 Å². The molecule has 3 rings (SSSR count). The minimum atomic E-state index is -5.39. The summed E-state index contributed by atoms with van der Waals surface area (Å²) in [6, 6.07) is 9.44. The molecule has 0 aromatic heterocycles. The Balaban J connectivity index is 0.000000631. The van der Waals surface area contributed by atoms with Crippen LogP contribution in [0.2, 0.25) is 19.6 Å². The highest BCUT2D eigenvalue weighted by molar-refractivity contribution is 7.88. The van der Waals surface area contributed by atoms with Gasteiger partial charge in [-0.3, -0.25) is 0 Å². The van der Waals surface area contributed by atoms with Gasteiger partial charge in [0.25, 0.3) is 0 Å². The third kappa shape index (κ3) is 12.8. The van der Waals surface area contributed by atoms with Gasteiger partial charge in [0.05, 0.1) is 36.2 Å². The third-order valence-corrected chi connectivity index (χ3v) is 9.88. The van der Waals surface area contributed by atoms with Gasteiger partial charge in [0.15, 0.2) is 0 Å². The average molecular weight is 715 g/mol. The first-order valence-corrected chi connectivity index (χ1v) is 18.9. The van der Waals surface area contributed by atoms with Gasteiger partial charge in [-0.1, -0.05) is 45.0 Å². The number of hydrogen-bond acceptors (Lipinski definition) is 7. The van der Waals surface area contributed by atoms with E-state index >= 15 is 0 Å². The second-order valence-corrected chi connectivity index (χ2v) is 17.7. The van der Waals surface area contributed by atoms with Gasteiger partial charge in [-0.15, -0.1) is 23.2 Å². The second kappa shape index (κ2) is 18.7. The van der Waals surface area contributed by atoms with E-state index in [4.69, 9.17) is 33.0 Å². The molecule has 44 heavy (non-hydrogen) atoms. The summed E-state index contributed by atoms with van der Waals surface area (Å²) in [4.78, 5) is 0. The van der Waals surface area contributed by atoms with E-state index in [1.54, 1.807) is 12.1 Å². The highest BCUT2D eigenvalue weighted by Crippen LogP contribution is 2.37. The van der Waals surface area contributed by atoms with Crippen molar-refractivity contribution in [2.24, 2.45) is 0 Å². The van der Waals surface area contributed by atoms with Crippen molar-refractivity contribution in [2.75, 3.05) is 26.8 Å². The molecule has 0 fully saturated rings.